The van der Waals surface area contributed by atoms with E-state index in [0.29, 0.717) is 35.3 Å². The Hall–Kier alpha value is -2.12. The molecular weight excluding hydrogens is 348 g/mol. The summed E-state index contributed by atoms with van der Waals surface area (Å²) < 4.78 is 27.5. The highest BCUT2D eigenvalue weighted by Crippen LogP contribution is 2.33. The summed E-state index contributed by atoms with van der Waals surface area (Å²) in [5.74, 6) is 0.362. The smallest absolute Gasteiger partial charge is 0.246 e. The summed E-state index contributed by atoms with van der Waals surface area (Å²) in [6.07, 6.45) is 1.64. The molecule has 1 saturated heterocycles. The number of aryl methyl sites for hydroxylation is 3. The van der Waals surface area contributed by atoms with Crippen LogP contribution in [0.2, 0.25) is 0 Å². The molecule has 3 aromatic rings. The summed E-state index contributed by atoms with van der Waals surface area (Å²) in [4.78, 5) is 3.84. The molecule has 6 nitrogen and oxygen atoms in total. The highest BCUT2D eigenvalue weighted by Gasteiger charge is 2.33. The van der Waals surface area contributed by atoms with Crippen LogP contribution >= 0.6 is 0 Å². The summed E-state index contributed by atoms with van der Waals surface area (Å²) in [7, 11) is -3.49. The van der Waals surface area contributed by atoms with E-state index in [2.05, 4.69) is 46.4 Å². The van der Waals surface area contributed by atoms with E-state index >= 15 is 0 Å². The van der Waals surface area contributed by atoms with Crippen LogP contribution in [0.5, 0.6) is 0 Å². The second-order valence-corrected chi connectivity index (χ2v) is 9.13. The number of benzene rings is 1. The highest BCUT2D eigenvalue weighted by atomic mass is 32.2. The molecule has 2 N–H and O–H groups in total. The first-order chi connectivity index (χ1) is 12.4. The first-order valence-corrected chi connectivity index (χ1v) is 10.4. The second kappa shape index (κ2) is 6.25. The molecule has 0 bridgehead atoms. The van der Waals surface area contributed by atoms with Crippen LogP contribution in [0.15, 0.2) is 29.2 Å². The number of sulfonamides is 1. The molecule has 1 aliphatic rings. The molecule has 0 unspecified atom stereocenters. The number of fused-ring (bicyclic) bond motifs is 1. The van der Waals surface area contributed by atoms with Crippen molar-refractivity contribution >= 4 is 20.9 Å². The fraction of sp³-hybridized carbons (Fsp3) is 0.421. The van der Waals surface area contributed by atoms with Crippen LogP contribution in [0.1, 0.15) is 41.4 Å². The zero-order valence-electron chi connectivity index (χ0n) is 15.3. The predicted octanol–water partition coefficient (Wildman–Crippen LogP) is 3.38. The third kappa shape index (κ3) is 2.85. The van der Waals surface area contributed by atoms with Gasteiger partial charge >= 0.3 is 0 Å². The Morgan fingerprint density at radius 2 is 1.85 bits per heavy atom. The van der Waals surface area contributed by atoms with Crippen LogP contribution in [0.4, 0.5) is 0 Å². The Morgan fingerprint density at radius 1 is 1.12 bits per heavy atom. The summed E-state index contributed by atoms with van der Waals surface area (Å²) in [6, 6.07) is 8.60. The zero-order valence-corrected chi connectivity index (χ0v) is 16.2. The van der Waals surface area contributed by atoms with E-state index in [4.69, 9.17) is 0 Å². The monoisotopic (exact) mass is 372 g/mol. The van der Waals surface area contributed by atoms with Gasteiger partial charge in [0.05, 0.1) is 11.4 Å². The quantitative estimate of drug-likeness (QED) is 0.739. The van der Waals surface area contributed by atoms with Gasteiger partial charge in [0.25, 0.3) is 0 Å². The lowest BCUT2D eigenvalue weighted by Crippen LogP contribution is -2.38. The van der Waals surface area contributed by atoms with Crippen molar-refractivity contribution in [2.45, 2.75) is 44.4 Å². The number of H-pyrrole nitrogens is 2. The van der Waals surface area contributed by atoms with Gasteiger partial charge in [-0.1, -0.05) is 11.6 Å². The summed E-state index contributed by atoms with van der Waals surface area (Å²) in [5, 5.41) is 8.03. The maximum Gasteiger partial charge on any atom is 0.246 e. The van der Waals surface area contributed by atoms with Crippen molar-refractivity contribution in [1.82, 2.24) is 19.5 Å². The molecule has 1 aliphatic heterocycles. The third-order valence-corrected chi connectivity index (χ3v) is 7.51. The lowest BCUT2D eigenvalue weighted by Gasteiger charge is -2.30. The van der Waals surface area contributed by atoms with Crippen molar-refractivity contribution in [2.75, 3.05) is 13.1 Å². The Kier molecular flexibility index (Phi) is 4.16. The van der Waals surface area contributed by atoms with E-state index in [9.17, 15) is 8.42 Å². The van der Waals surface area contributed by atoms with Gasteiger partial charge in [0.2, 0.25) is 10.0 Å². The first-order valence-electron chi connectivity index (χ1n) is 8.97. The maximum absolute atomic E-state index is 13.0. The maximum atomic E-state index is 13.0. The molecule has 0 saturated carbocycles. The minimum atomic E-state index is -3.49. The van der Waals surface area contributed by atoms with Gasteiger partial charge in [0, 0.05) is 30.2 Å². The standard InChI is InChI=1S/C19H24N4O2S/c1-12-4-5-17-16(10-12)11-18(20-17)15-6-8-23(9-7-15)26(24,25)19-13(2)21-22-14(19)3/h4-5,10-11,15,20H,6-9H2,1-3H3,(H,21,22). The molecule has 26 heavy (non-hydrogen) atoms. The lowest BCUT2D eigenvalue weighted by atomic mass is 9.95. The molecule has 0 radical (unpaired) electrons. The fourth-order valence-electron chi connectivity index (χ4n) is 3.95. The Labute approximate surface area is 153 Å². The normalized spacial score (nSPS) is 17.2. The molecule has 7 heteroatoms. The number of aromatic nitrogens is 3. The Morgan fingerprint density at radius 3 is 2.50 bits per heavy atom. The average molecular weight is 372 g/mol. The Bertz CT molecular complexity index is 1040. The van der Waals surface area contributed by atoms with E-state index in [0.717, 1.165) is 18.4 Å². The van der Waals surface area contributed by atoms with Crippen molar-refractivity contribution in [1.29, 1.82) is 0 Å². The molecule has 3 heterocycles. The molecule has 0 amide bonds. The van der Waals surface area contributed by atoms with Gasteiger partial charge in [-0.05, 0) is 57.2 Å². The minimum Gasteiger partial charge on any atom is -0.358 e. The zero-order chi connectivity index (χ0) is 18.5. The van der Waals surface area contributed by atoms with E-state index in [1.807, 2.05) is 0 Å². The molecule has 2 aromatic heterocycles. The number of nitrogens with one attached hydrogen (secondary N) is 2. The van der Waals surface area contributed by atoms with Crippen molar-refractivity contribution in [3.05, 3.63) is 46.9 Å². The molecular formula is C19H24N4O2S. The van der Waals surface area contributed by atoms with Crippen molar-refractivity contribution in [3.8, 4) is 0 Å². The van der Waals surface area contributed by atoms with Crippen LogP contribution in [0, 0.1) is 20.8 Å². The van der Waals surface area contributed by atoms with E-state index in [-0.39, 0.29) is 0 Å². The van der Waals surface area contributed by atoms with Gasteiger partial charge in [0.1, 0.15) is 4.90 Å². The van der Waals surface area contributed by atoms with E-state index < -0.39 is 10.0 Å². The lowest BCUT2D eigenvalue weighted by molar-refractivity contribution is 0.317. The molecule has 138 valence electrons. The second-order valence-electron chi connectivity index (χ2n) is 7.26. The minimum absolute atomic E-state index is 0.331. The van der Waals surface area contributed by atoms with Crippen molar-refractivity contribution in [3.63, 3.8) is 0 Å². The SMILES string of the molecule is Cc1ccc2[nH]c(C3CCN(S(=O)(=O)c4c(C)n[nH]c4C)CC3)cc2c1. The van der Waals surface area contributed by atoms with Crippen LogP contribution < -0.4 is 0 Å². The third-order valence-electron chi connectivity index (χ3n) is 5.35. The van der Waals surface area contributed by atoms with Crippen LogP contribution in [0.3, 0.4) is 0 Å². The molecule has 1 aromatic carbocycles. The largest absolute Gasteiger partial charge is 0.358 e. The fourth-order valence-corrected chi connectivity index (χ4v) is 5.75. The number of nitrogens with zero attached hydrogens (tertiary/aromatic N) is 2. The van der Waals surface area contributed by atoms with Gasteiger partial charge in [-0.3, -0.25) is 5.10 Å². The summed E-state index contributed by atoms with van der Waals surface area (Å²) in [6.45, 7) is 6.65. The molecule has 0 atom stereocenters. The number of hydrogen-bond acceptors (Lipinski definition) is 3. The molecule has 4 rings (SSSR count). The van der Waals surface area contributed by atoms with Gasteiger partial charge in [0.15, 0.2) is 0 Å². The van der Waals surface area contributed by atoms with Gasteiger partial charge in [-0.2, -0.15) is 9.40 Å². The number of aromatic amines is 2. The van der Waals surface area contributed by atoms with E-state index in [1.165, 1.54) is 16.6 Å². The first kappa shape index (κ1) is 17.3. The molecule has 0 aliphatic carbocycles. The number of hydrogen-bond donors (Lipinski definition) is 2. The van der Waals surface area contributed by atoms with Gasteiger partial charge < -0.3 is 4.98 Å². The van der Waals surface area contributed by atoms with Gasteiger partial charge in [-0.15, -0.1) is 0 Å². The topological polar surface area (TPSA) is 81.8 Å². The van der Waals surface area contributed by atoms with Gasteiger partial charge in [-0.25, -0.2) is 8.42 Å². The average Bonchev–Trinajstić information content (AvgIpc) is 3.18. The van der Waals surface area contributed by atoms with Crippen LogP contribution in [-0.4, -0.2) is 41.0 Å². The van der Waals surface area contributed by atoms with Crippen molar-refractivity contribution in [2.24, 2.45) is 0 Å². The highest BCUT2D eigenvalue weighted by molar-refractivity contribution is 7.89. The summed E-state index contributed by atoms with van der Waals surface area (Å²) in [5.41, 5.74) is 4.74. The Balaban J connectivity index is 1.53. The predicted molar refractivity (Wildman–Crippen MR) is 102 cm³/mol. The van der Waals surface area contributed by atoms with Crippen LogP contribution in [0.25, 0.3) is 10.9 Å². The molecule has 1 fully saturated rings. The summed E-state index contributed by atoms with van der Waals surface area (Å²) >= 11 is 0. The number of piperidine rings is 1. The molecule has 0 spiro atoms. The van der Waals surface area contributed by atoms with E-state index in [1.54, 1.807) is 18.2 Å². The van der Waals surface area contributed by atoms with Crippen molar-refractivity contribution < 1.29 is 8.42 Å². The number of rotatable bonds is 3. The van der Waals surface area contributed by atoms with Crippen LogP contribution in [-0.2, 0) is 10.0 Å².